The first-order valence-corrected chi connectivity index (χ1v) is 11.6. The van der Waals surface area contributed by atoms with Crippen molar-refractivity contribution in [2.24, 2.45) is 0 Å². The first-order valence-electron chi connectivity index (χ1n) is 9.42. The van der Waals surface area contributed by atoms with E-state index >= 15 is 0 Å². The predicted octanol–water partition coefficient (Wildman–Crippen LogP) is 5.43. The number of carbonyl (C=O) groups is 1. The fourth-order valence-electron chi connectivity index (χ4n) is 2.74. The highest BCUT2D eigenvalue weighted by atomic mass is 35.5. The number of carbonyl (C=O) groups excluding carboxylic acids is 1. The van der Waals surface area contributed by atoms with E-state index in [1.54, 1.807) is 6.92 Å². The Labute approximate surface area is 182 Å². The van der Waals surface area contributed by atoms with Crippen molar-refractivity contribution in [2.75, 3.05) is 6.61 Å². The van der Waals surface area contributed by atoms with Crippen LogP contribution in [0.3, 0.4) is 0 Å². The molecule has 0 fully saturated rings. The van der Waals surface area contributed by atoms with Crippen LogP contribution in [0.25, 0.3) is 0 Å². The number of rotatable bonds is 11. The van der Waals surface area contributed by atoms with E-state index in [4.69, 9.17) is 32.1 Å². The summed E-state index contributed by atoms with van der Waals surface area (Å²) >= 11 is 11.7. The maximum atomic E-state index is 12.5. The van der Waals surface area contributed by atoms with Gasteiger partial charge in [-0.1, -0.05) is 48.2 Å². The number of hydrogen-bond donors (Lipinski definition) is 0. The lowest BCUT2D eigenvalue weighted by Gasteiger charge is -2.16. The molecular formula is C21H24Cl2O5S. The van der Waals surface area contributed by atoms with Gasteiger partial charge in [-0.15, -0.1) is 0 Å². The highest BCUT2D eigenvalue weighted by molar-refractivity contribution is 7.86. The van der Waals surface area contributed by atoms with E-state index in [1.807, 2.05) is 24.3 Å². The number of hydrogen-bond acceptors (Lipinski definition) is 5. The third kappa shape index (κ3) is 7.97. The van der Waals surface area contributed by atoms with Crippen molar-refractivity contribution in [1.82, 2.24) is 0 Å². The Morgan fingerprint density at radius 1 is 0.931 bits per heavy atom. The van der Waals surface area contributed by atoms with Crippen molar-refractivity contribution in [3.05, 3.63) is 64.1 Å². The molecule has 0 bridgehead atoms. The second kappa shape index (κ2) is 11.6. The van der Waals surface area contributed by atoms with Gasteiger partial charge in [-0.25, -0.2) is 4.79 Å². The normalized spacial score (nSPS) is 12.5. The molecule has 0 spiro atoms. The molecule has 29 heavy (non-hydrogen) atoms. The van der Waals surface area contributed by atoms with Crippen LogP contribution in [0.15, 0.2) is 53.4 Å². The van der Waals surface area contributed by atoms with Crippen molar-refractivity contribution < 1.29 is 22.1 Å². The molecule has 0 aromatic heterocycles. The molecule has 158 valence electrons. The minimum atomic E-state index is -4.10. The zero-order chi connectivity index (χ0) is 21.3. The van der Waals surface area contributed by atoms with Crippen molar-refractivity contribution in [3.63, 3.8) is 0 Å². The minimum Gasteiger partial charge on any atom is -0.464 e. The van der Waals surface area contributed by atoms with Crippen LogP contribution >= 0.6 is 23.2 Å². The standard InChI is InChI=1S/C21H24Cl2O5S/c1-2-27-21(24)20(28-29(25,26)19-14-12-18(23)13-15-19)7-5-3-4-6-16-8-10-17(22)11-9-16/h8-15,20H,2-7H2,1H3. The summed E-state index contributed by atoms with van der Waals surface area (Å²) in [5, 5.41) is 1.11. The fraction of sp³-hybridized carbons (Fsp3) is 0.381. The lowest BCUT2D eigenvalue weighted by atomic mass is 10.0. The van der Waals surface area contributed by atoms with Gasteiger partial charge < -0.3 is 4.74 Å². The highest BCUT2D eigenvalue weighted by Gasteiger charge is 2.28. The van der Waals surface area contributed by atoms with Crippen LogP contribution in [0.4, 0.5) is 0 Å². The Hall–Kier alpha value is -1.60. The monoisotopic (exact) mass is 458 g/mol. The third-order valence-electron chi connectivity index (χ3n) is 4.24. The van der Waals surface area contributed by atoms with Crippen molar-refractivity contribution in [3.8, 4) is 0 Å². The Morgan fingerprint density at radius 2 is 1.52 bits per heavy atom. The van der Waals surface area contributed by atoms with Crippen LogP contribution in [0.5, 0.6) is 0 Å². The van der Waals surface area contributed by atoms with Gasteiger partial charge in [0.1, 0.15) is 0 Å². The molecule has 0 radical (unpaired) electrons. The summed E-state index contributed by atoms with van der Waals surface area (Å²) in [6.07, 6.45) is 2.32. The van der Waals surface area contributed by atoms with E-state index in [2.05, 4.69) is 0 Å². The first-order chi connectivity index (χ1) is 13.8. The molecule has 0 saturated carbocycles. The predicted molar refractivity (Wildman–Crippen MR) is 114 cm³/mol. The maximum absolute atomic E-state index is 12.5. The molecule has 5 nitrogen and oxygen atoms in total. The molecular weight excluding hydrogens is 435 g/mol. The minimum absolute atomic E-state index is 0.0565. The van der Waals surface area contributed by atoms with Gasteiger partial charge in [0.15, 0.2) is 6.10 Å². The Morgan fingerprint density at radius 3 is 2.10 bits per heavy atom. The summed E-state index contributed by atoms with van der Waals surface area (Å²) in [6, 6.07) is 13.2. The van der Waals surface area contributed by atoms with E-state index in [-0.39, 0.29) is 17.9 Å². The molecule has 2 aromatic rings. The van der Waals surface area contributed by atoms with Crippen LogP contribution in [0, 0.1) is 0 Å². The molecule has 2 aromatic carbocycles. The van der Waals surface area contributed by atoms with Crippen LogP contribution in [-0.2, 0) is 30.3 Å². The molecule has 1 atom stereocenters. The van der Waals surface area contributed by atoms with Gasteiger partial charge in [0.25, 0.3) is 10.1 Å². The van der Waals surface area contributed by atoms with E-state index in [0.29, 0.717) is 16.5 Å². The summed E-state index contributed by atoms with van der Waals surface area (Å²) in [5.41, 5.74) is 1.18. The molecule has 0 amide bonds. The molecule has 0 aliphatic rings. The third-order valence-corrected chi connectivity index (χ3v) is 6.08. The van der Waals surface area contributed by atoms with E-state index in [1.165, 1.54) is 29.8 Å². The van der Waals surface area contributed by atoms with Gasteiger partial charge in [0.05, 0.1) is 11.5 Å². The number of unbranched alkanes of at least 4 members (excludes halogenated alkanes) is 2. The average Bonchev–Trinajstić information content (AvgIpc) is 2.68. The topological polar surface area (TPSA) is 69.7 Å². The average molecular weight is 459 g/mol. The Kier molecular flexibility index (Phi) is 9.43. The smallest absolute Gasteiger partial charge is 0.336 e. The second-order valence-corrected chi connectivity index (χ2v) is 8.92. The quantitative estimate of drug-likeness (QED) is 0.255. The molecule has 2 rings (SSSR count). The van der Waals surface area contributed by atoms with Gasteiger partial charge >= 0.3 is 5.97 Å². The molecule has 1 unspecified atom stereocenters. The van der Waals surface area contributed by atoms with Crippen LogP contribution in [0.2, 0.25) is 10.0 Å². The van der Waals surface area contributed by atoms with Gasteiger partial charge in [0.2, 0.25) is 0 Å². The number of benzene rings is 2. The lowest BCUT2D eigenvalue weighted by molar-refractivity contribution is -0.151. The van der Waals surface area contributed by atoms with Gasteiger partial charge in [-0.3, -0.25) is 4.18 Å². The SMILES string of the molecule is CCOC(=O)C(CCCCCc1ccc(Cl)cc1)OS(=O)(=O)c1ccc(Cl)cc1. The summed E-state index contributed by atoms with van der Waals surface area (Å²) in [4.78, 5) is 12.1. The van der Waals surface area contributed by atoms with Crippen LogP contribution < -0.4 is 0 Å². The lowest BCUT2D eigenvalue weighted by Crippen LogP contribution is -2.29. The zero-order valence-corrected chi connectivity index (χ0v) is 18.5. The Balaban J connectivity index is 1.91. The second-order valence-electron chi connectivity index (χ2n) is 6.47. The fourth-order valence-corrected chi connectivity index (χ4v) is 4.05. The maximum Gasteiger partial charge on any atom is 0.336 e. The van der Waals surface area contributed by atoms with Crippen LogP contribution in [0.1, 0.15) is 38.2 Å². The molecule has 8 heteroatoms. The van der Waals surface area contributed by atoms with Crippen molar-refractivity contribution in [1.29, 1.82) is 0 Å². The summed E-state index contributed by atoms with van der Waals surface area (Å²) in [7, 11) is -4.10. The summed E-state index contributed by atoms with van der Waals surface area (Å²) in [5.74, 6) is -0.678. The van der Waals surface area contributed by atoms with Gasteiger partial charge in [0, 0.05) is 10.0 Å². The summed E-state index contributed by atoms with van der Waals surface area (Å²) in [6.45, 7) is 1.81. The number of halogens is 2. The van der Waals surface area contributed by atoms with E-state index < -0.39 is 22.2 Å². The zero-order valence-electron chi connectivity index (χ0n) is 16.1. The Bertz CT molecular complexity index is 880. The summed E-state index contributed by atoms with van der Waals surface area (Å²) < 4.78 is 35.1. The van der Waals surface area contributed by atoms with Crippen LogP contribution in [-0.4, -0.2) is 27.1 Å². The van der Waals surface area contributed by atoms with Crippen molar-refractivity contribution in [2.45, 2.75) is 50.0 Å². The highest BCUT2D eigenvalue weighted by Crippen LogP contribution is 2.21. The molecule has 0 N–H and O–H groups in total. The molecule has 0 aliphatic carbocycles. The largest absolute Gasteiger partial charge is 0.464 e. The van der Waals surface area contributed by atoms with E-state index in [9.17, 15) is 13.2 Å². The van der Waals surface area contributed by atoms with Gasteiger partial charge in [-0.05, 0) is 68.1 Å². The van der Waals surface area contributed by atoms with Gasteiger partial charge in [-0.2, -0.15) is 8.42 Å². The molecule has 0 saturated heterocycles. The molecule has 0 aliphatic heterocycles. The van der Waals surface area contributed by atoms with Crippen molar-refractivity contribution >= 4 is 39.3 Å². The number of esters is 1. The number of ether oxygens (including phenoxy) is 1. The molecule has 0 heterocycles. The van der Waals surface area contributed by atoms with E-state index in [0.717, 1.165) is 19.3 Å². The number of aryl methyl sites for hydroxylation is 1. The first kappa shape index (κ1) is 23.7.